The average molecular weight is 209 g/mol. The van der Waals surface area contributed by atoms with Crippen LogP contribution in [0.25, 0.3) is 0 Å². The van der Waals surface area contributed by atoms with Gasteiger partial charge >= 0.3 is 0 Å². The van der Waals surface area contributed by atoms with Gasteiger partial charge in [0.15, 0.2) is 0 Å². The predicted molar refractivity (Wildman–Crippen MR) is 57.9 cm³/mol. The molecule has 1 aromatic rings. The number of aromatic nitrogens is 2. The largest absolute Gasteiger partial charge is 0.382 e. The molecule has 0 aromatic carbocycles. The molecule has 1 amide bonds. The molecule has 0 bridgehead atoms. The van der Waals surface area contributed by atoms with Crippen molar-refractivity contribution in [1.82, 2.24) is 10.2 Å². The standard InChI is InChI=1S/C9H15N5O/c1-9(2,8(11)15)5-12-7-4-3-6(10)13-14-7/h3-4H,5H2,1-2H3,(H2,10,13)(H2,11,15)(H,12,14). The molecule has 6 nitrogen and oxygen atoms in total. The summed E-state index contributed by atoms with van der Waals surface area (Å²) in [4.78, 5) is 11.0. The lowest BCUT2D eigenvalue weighted by Crippen LogP contribution is -2.37. The number of nitrogens with one attached hydrogen (secondary N) is 1. The molecule has 0 aliphatic heterocycles. The van der Waals surface area contributed by atoms with E-state index in [0.717, 1.165) is 0 Å². The summed E-state index contributed by atoms with van der Waals surface area (Å²) in [6.07, 6.45) is 0. The summed E-state index contributed by atoms with van der Waals surface area (Å²) in [5, 5.41) is 10.4. The molecule has 1 rings (SSSR count). The summed E-state index contributed by atoms with van der Waals surface area (Å²) in [6.45, 7) is 3.92. The van der Waals surface area contributed by atoms with Gasteiger partial charge in [-0.15, -0.1) is 10.2 Å². The summed E-state index contributed by atoms with van der Waals surface area (Å²) < 4.78 is 0. The molecule has 1 heterocycles. The Bertz CT molecular complexity index is 346. The first-order chi connectivity index (χ1) is 6.92. The number of rotatable bonds is 4. The van der Waals surface area contributed by atoms with E-state index in [-0.39, 0.29) is 5.91 Å². The third-order valence-electron chi connectivity index (χ3n) is 2.06. The number of primary amides is 1. The van der Waals surface area contributed by atoms with Crippen LogP contribution in [-0.2, 0) is 4.79 Å². The van der Waals surface area contributed by atoms with E-state index >= 15 is 0 Å². The zero-order chi connectivity index (χ0) is 11.5. The lowest BCUT2D eigenvalue weighted by atomic mass is 9.93. The predicted octanol–water partition coefficient (Wildman–Crippen LogP) is -0.0178. The monoisotopic (exact) mass is 209 g/mol. The van der Waals surface area contributed by atoms with Crippen molar-refractivity contribution in [2.24, 2.45) is 11.1 Å². The average Bonchev–Trinajstić information content (AvgIpc) is 2.17. The van der Waals surface area contributed by atoms with Gasteiger partial charge in [-0.05, 0) is 26.0 Å². The van der Waals surface area contributed by atoms with E-state index in [1.165, 1.54) is 0 Å². The molecule has 0 spiro atoms. The van der Waals surface area contributed by atoms with Crippen LogP contribution >= 0.6 is 0 Å². The molecule has 82 valence electrons. The van der Waals surface area contributed by atoms with Gasteiger partial charge in [0, 0.05) is 6.54 Å². The minimum atomic E-state index is -0.622. The number of anilines is 2. The number of carbonyl (C=O) groups excluding carboxylic acids is 1. The van der Waals surface area contributed by atoms with E-state index in [4.69, 9.17) is 11.5 Å². The molecule has 0 saturated heterocycles. The quantitative estimate of drug-likeness (QED) is 0.646. The highest BCUT2D eigenvalue weighted by Gasteiger charge is 2.24. The zero-order valence-electron chi connectivity index (χ0n) is 8.82. The van der Waals surface area contributed by atoms with Crippen molar-refractivity contribution in [3.63, 3.8) is 0 Å². The van der Waals surface area contributed by atoms with Crippen molar-refractivity contribution in [2.45, 2.75) is 13.8 Å². The Balaban J connectivity index is 2.57. The van der Waals surface area contributed by atoms with E-state index < -0.39 is 5.41 Å². The topological polar surface area (TPSA) is 107 Å². The maximum atomic E-state index is 11.0. The molecule has 6 heteroatoms. The van der Waals surface area contributed by atoms with E-state index in [1.807, 2.05) is 0 Å². The maximum absolute atomic E-state index is 11.0. The van der Waals surface area contributed by atoms with Gasteiger partial charge in [0.2, 0.25) is 5.91 Å². The van der Waals surface area contributed by atoms with E-state index in [1.54, 1.807) is 26.0 Å². The van der Waals surface area contributed by atoms with Gasteiger partial charge < -0.3 is 16.8 Å². The van der Waals surface area contributed by atoms with Crippen molar-refractivity contribution < 1.29 is 4.79 Å². The minimum absolute atomic E-state index is 0.356. The first kappa shape index (κ1) is 11.2. The van der Waals surface area contributed by atoms with Crippen LogP contribution in [0.4, 0.5) is 11.6 Å². The highest BCUT2D eigenvalue weighted by molar-refractivity contribution is 5.80. The van der Waals surface area contributed by atoms with Gasteiger partial charge in [0.05, 0.1) is 5.41 Å². The normalized spacial score (nSPS) is 11.1. The van der Waals surface area contributed by atoms with Crippen LogP contribution < -0.4 is 16.8 Å². The molecule has 0 saturated carbocycles. The Morgan fingerprint density at radius 1 is 1.47 bits per heavy atom. The van der Waals surface area contributed by atoms with Gasteiger partial charge in [-0.25, -0.2) is 0 Å². The first-order valence-corrected chi connectivity index (χ1v) is 4.55. The highest BCUT2D eigenvalue weighted by atomic mass is 16.1. The number of carbonyl (C=O) groups is 1. The van der Waals surface area contributed by atoms with E-state index in [9.17, 15) is 4.79 Å². The lowest BCUT2D eigenvalue weighted by Gasteiger charge is -2.20. The summed E-state index contributed by atoms with van der Waals surface area (Å²) in [5.74, 6) is 0.562. The van der Waals surface area contributed by atoms with Crippen LogP contribution in [0.1, 0.15) is 13.8 Å². The minimum Gasteiger partial charge on any atom is -0.382 e. The first-order valence-electron chi connectivity index (χ1n) is 4.55. The van der Waals surface area contributed by atoms with Crippen LogP contribution in [0.2, 0.25) is 0 Å². The summed E-state index contributed by atoms with van der Waals surface area (Å²) in [5.41, 5.74) is 9.98. The second-order valence-corrected chi connectivity index (χ2v) is 3.95. The van der Waals surface area contributed by atoms with Gasteiger partial charge in [-0.2, -0.15) is 0 Å². The zero-order valence-corrected chi connectivity index (χ0v) is 8.82. The Morgan fingerprint density at radius 3 is 2.60 bits per heavy atom. The molecule has 5 N–H and O–H groups in total. The maximum Gasteiger partial charge on any atom is 0.224 e. The van der Waals surface area contributed by atoms with Gasteiger partial charge in [-0.1, -0.05) is 0 Å². The van der Waals surface area contributed by atoms with Crippen molar-refractivity contribution >= 4 is 17.5 Å². The summed E-state index contributed by atoms with van der Waals surface area (Å²) in [6, 6.07) is 3.33. The van der Waals surface area contributed by atoms with Gasteiger partial charge in [0.25, 0.3) is 0 Å². The van der Waals surface area contributed by atoms with Gasteiger partial charge in [-0.3, -0.25) is 4.79 Å². The third-order valence-corrected chi connectivity index (χ3v) is 2.06. The van der Waals surface area contributed by atoms with Crippen molar-refractivity contribution in [3.05, 3.63) is 12.1 Å². The number of nitrogens with zero attached hydrogens (tertiary/aromatic N) is 2. The molecule has 0 unspecified atom stereocenters. The number of nitrogens with two attached hydrogens (primary N) is 2. The van der Waals surface area contributed by atoms with Crippen LogP contribution in [0.5, 0.6) is 0 Å². The van der Waals surface area contributed by atoms with Crippen molar-refractivity contribution in [3.8, 4) is 0 Å². The molecular formula is C9H15N5O. The molecular weight excluding hydrogens is 194 g/mol. The SMILES string of the molecule is CC(C)(CNc1ccc(N)nn1)C(N)=O. The van der Waals surface area contributed by atoms with E-state index in [2.05, 4.69) is 15.5 Å². The molecule has 1 aromatic heterocycles. The van der Waals surface area contributed by atoms with Crippen LogP contribution in [0.3, 0.4) is 0 Å². The molecule has 0 fully saturated rings. The molecule has 0 atom stereocenters. The third kappa shape index (κ3) is 3.08. The molecule has 0 radical (unpaired) electrons. The summed E-state index contributed by atoms with van der Waals surface area (Å²) >= 11 is 0. The van der Waals surface area contributed by atoms with E-state index in [0.29, 0.717) is 18.2 Å². The second-order valence-electron chi connectivity index (χ2n) is 3.95. The molecule has 0 aliphatic rings. The summed E-state index contributed by atoms with van der Waals surface area (Å²) in [7, 11) is 0. The number of hydrogen-bond acceptors (Lipinski definition) is 5. The lowest BCUT2D eigenvalue weighted by molar-refractivity contribution is -0.125. The Labute approximate surface area is 88.1 Å². The Hall–Kier alpha value is -1.85. The van der Waals surface area contributed by atoms with Crippen LogP contribution in [-0.4, -0.2) is 22.6 Å². The number of hydrogen-bond donors (Lipinski definition) is 3. The fraction of sp³-hybridized carbons (Fsp3) is 0.444. The fourth-order valence-corrected chi connectivity index (χ4v) is 0.836. The highest BCUT2D eigenvalue weighted by Crippen LogP contribution is 2.14. The number of nitrogen functional groups attached to an aromatic ring is 1. The van der Waals surface area contributed by atoms with Crippen LogP contribution in [0, 0.1) is 5.41 Å². The van der Waals surface area contributed by atoms with Crippen LogP contribution in [0.15, 0.2) is 12.1 Å². The van der Waals surface area contributed by atoms with Crippen molar-refractivity contribution in [1.29, 1.82) is 0 Å². The Kier molecular flexibility index (Phi) is 3.08. The van der Waals surface area contributed by atoms with Crippen molar-refractivity contribution in [2.75, 3.05) is 17.6 Å². The second kappa shape index (κ2) is 4.12. The Morgan fingerprint density at radius 2 is 2.13 bits per heavy atom. The van der Waals surface area contributed by atoms with Gasteiger partial charge in [0.1, 0.15) is 11.6 Å². The smallest absolute Gasteiger partial charge is 0.224 e. The number of amides is 1. The molecule has 15 heavy (non-hydrogen) atoms. The fourth-order valence-electron chi connectivity index (χ4n) is 0.836. The molecule has 0 aliphatic carbocycles.